The van der Waals surface area contributed by atoms with Crippen molar-refractivity contribution in [2.75, 3.05) is 25.1 Å². The third-order valence-corrected chi connectivity index (χ3v) is 4.97. The number of imidazole rings is 1. The summed E-state index contributed by atoms with van der Waals surface area (Å²) < 4.78 is 20.6. The maximum atomic E-state index is 13.4. The van der Waals surface area contributed by atoms with Gasteiger partial charge >= 0.3 is 0 Å². The molecule has 0 bridgehead atoms. The predicted molar refractivity (Wildman–Crippen MR) is 88.3 cm³/mol. The van der Waals surface area contributed by atoms with Crippen LogP contribution in [-0.4, -0.2) is 34.4 Å². The number of aromatic nitrogens is 3. The number of rotatable bonds is 4. The first-order chi connectivity index (χ1) is 11.3. The Balaban J connectivity index is 1.54. The highest BCUT2D eigenvalue weighted by molar-refractivity contribution is 7.20. The number of anilines is 1. The van der Waals surface area contributed by atoms with Gasteiger partial charge in [0.25, 0.3) is 0 Å². The van der Waals surface area contributed by atoms with Crippen molar-refractivity contribution in [2.45, 2.75) is 12.8 Å². The van der Waals surface area contributed by atoms with Crippen molar-refractivity contribution >= 4 is 21.4 Å². The minimum atomic E-state index is -0.259. The number of nitrogens with zero attached hydrogens (tertiary/aromatic N) is 3. The van der Waals surface area contributed by atoms with Crippen molar-refractivity contribution < 1.29 is 9.13 Å². The number of hydrogen-bond acceptors (Lipinski definition) is 5. The van der Waals surface area contributed by atoms with Gasteiger partial charge in [-0.1, -0.05) is 23.5 Å². The second kappa shape index (κ2) is 6.25. The van der Waals surface area contributed by atoms with E-state index in [0.717, 1.165) is 53.9 Å². The Labute approximate surface area is 137 Å². The zero-order valence-electron chi connectivity index (χ0n) is 12.5. The largest absolute Gasteiger partial charge is 0.381 e. The molecule has 2 aromatic heterocycles. The molecule has 0 radical (unpaired) electrons. The standard InChI is InChI=1S/C16H17FN4OS/c17-13-3-1-2-12(8-13)14-10-19-16-21(14)20-15(23-16)18-9-11-4-6-22-7-5-11/h1-3,8,10-11H,4-7,9H2,(H,18,20). The highest BCUT2D eigenvalue weighted by Crippen LogP contribution is 2.27. The predicted octanol–water partition coefficient (Wildman–Crippen LogP) is 3.44. The van der Waals surface area contributed by atoms with Crippen molar-refractivity contribution in [2.24, 2.45) is 5.92 Å². The van der Waals surface area contributed by atoms with Crippen molar-refractivity contribution in [3.8, 4) is 11.3 Å². The summed E-state index contributed by atoms with van der Waals surface area (Å²) in [6, 6.07) is 6.49. The topological polar surface area (TPSA) is 51.5 Å². The Morgan fingerprint density at radius 3 is 3.04 bits per heavy atom. The summed E-state index contributed by atoms with van der Waals surface area (Å²) >= 11 is 1.51. The lowest BCUT2D eigenvalue weighted by Crippen LogP contribution is -2.22. The van der Waals surface area contributed by atoms with E-state index in [4.69, 9.17) is 4.74 Å². The van der Waals surface area contributed by atoms with E-state index in [2.05, 4.69) is 15.4 Å². The monoisotopic (exact) mass is 332 g/mol. The molecule has 5 nitrogen and oxygen atoms in total. The number of benzene rings is 1. The van der Waals surface area contributed by atoms with Crippen LogP contribution in [-0.2, 0) is 4.74 Å². The normalized spacial score (nSPS) is 16.0. The molecule has 1 aliphatic rings. The van der Waals surface area contributed by atoms with Gasteiger partial charge in [0.2, 0.25) is 10.1 Å². The van der Waals surface area contributed by atoms with Gasteiger partial charge < -0.3 is 10.1 Å². The minimum absolute atomic E-state index is 0.259. The Morgan fingerprint density at radius 2 is 2.22 bits per heavy atom. The third kappa shape index (κ3) is 3.07. The molecule has 3 heterocycles. The lowest BCUT2D eigenvalue weighted by atomic mass is 10.0. The van der Waals surface area contributed by atoms with Gasteiger partial charge in [-0.25, -0.2) is 13.9 Å². The van der Waals surface area contributed by atoms with Crippen LogP contribution in [0.4, 0.5) is 9.52 Å². The van der Waals surface area contributed by atoms with Crippen LogP contribution in [0, 0.1) is 11.7 Å². The summed E-state index contributed by atoms with van der Waals surface area (Å²) in [5.41, 5.74) is 1.58. The summed E-state index contributed by atoms with van der Waals surface area (Å²) in [7, 11) is 0. The molecule has 1 N–H and O–H groups in total. The molecule has 120 valence electrons. The zero-order valence-corrected chi connectivity index (χ0v) is 13.4. The maximum absolute atomic E-state index is 13.4. The molecule has 7 heteroatoms. The van der Waals surface area contributed by atoms with E-state index in [9.17, 15) is 4.39 Å². The molecule has 1 fully saturated rings. The smallest absolute Gasteiger partial charge is 0.214 e. The van der Waals surface area contributed by atoms with Gasteiger partial charge in [-0.3, -0.25) is 0 Å². The molecule has 3 aromatic rings. The van der Waals surface area contributed by atoms with E-state index in [-0.39, 0.29) is 5.82 Å². The lowest BCUT2D eigenvalue weighted by Gasteiger charge is -2.21. The highest BCUT2D eigenvalue weighted by atomic mass is 32.1. The van der Waals surface area contributed by atoms with Gasteiger partial charge in [-0.15, -0.1) is 5.10 Å². The van der Waals surface area contributed by atoms with Gasteiger partial charge in [0.15, 0.2) is 0 Å². The molecule has 23 heavy (non-hydrogen) atoms. The first-order valence-corrected chi connectivity index (χ1v) is 8.53. The number of halogens is 1. The first-order valence-electron chi connectivity index (χ1n) is 7.72. The summed E-state index contributed by atoms with van der Waals surface area (Å²) in [6.45, 7) is 2.59. The van der Waals surface area contributed by atoms with Crippen LogP contribution >= 0.6 is 11.3 Å². The number of hydrogen-bond donors (Lipinski definition) is 1. The van der Waals surface area contributed by atoms with Gasteiger partial charge in [-0.05, 0) is 30.9 Å². The molecule has 0 unspecified atom stereocenters. The fourth-order valence-corrected chi connectivity index (χ4v) is 3.57. The van der Waals surface area contributed by atoms with Gasteiger partial charge in [-0.2, -0.15) is 0 Å². The van der Waals surface area contributed by atoms with Crippen LogP contribution in [0.5, 0.6) is 0 Å². The second-order valence-corrected chi connectivity index (χ2v) is 6.65. The lowest BCUT2D eigenvalue weighted by molar-refractivity contribution is 0.0699. The van der Waals surface area contributed by atoms with E-state index in [1.54, 1.807) is 16.8 Å². The molecule has 1 saturated heterocycles. The maximum Gasteiger partial charge on any atom is 0.214 e. The van der Waals surface area contributed by atoms with E-state index < -0.39 is 0 Å². The number of ether oxygens (including phenoxy) is 1. The fourth-order valence-electron chi connectivity index (χ4n) is 2.79. The fraction of sp³-hybridized carbons (Fsp3) is 0.375. The van der Waals surface area contributed by atoms with Crippen LogP contribution < -0.4 is 5.32 Å². The van der Waals surface area contributed by atoms with Crippen LogP contribution in [0.2, 0.25) is 0 Å². The Morgan fingerprint density at radius 1 is 1.35 bits per heavy atom. The van der Waals surface area contributed by atoms with Crippen molar-refractivity contribution in [1.29, 1.82) is 0 Å². The summed E-state index contributed by atoms with van der Waals surface area (Å²) in [6.07, 6.45) is 3.91. The van der Waals surface area contributed by atoms with E-state index in [0.29, 0.717) is 5.92 Å². The Hall–Kier alpha value is -1.99. The van der Waals surface area contributed by atoms with E-state index in [1.807, 2.05) is 6.07 Å². The molecular weight excluding hydrogens is 315 g/mol. The van der Waals surface area contributed by atoms with Crippen LogP contribution in [0.15, 0.2) is 30.5 Å². The summed E-state index contributed by atoms with van der Waals surface area (Å²) in [4.78, 5) is 5.18. The Bertz CT molecular complexity index is 809. The van der Waals surface area contributed by atoms with Crippen molar-refractivity contribution in [3.63, 3.8) is 0 Å². The highest BCUT2D eigenvalue weighted by Gasteiger charge is 2.16. The van der Waals surface area contributed by atoms with Crippen LogP contribution in [0.1, 0.15) is 12.8 Å². The molecular formula is C16H17FN4OS. The van der Waals surface area contributed by atoms with E-state index in [1.165, 1.54) is 23.5 Å². The van der Waals surface area contributed by atoms with Crippen molar-refractivity contribution in [1.82, 2.24) is 14.6 Å². The number of nitrogens with one attached hydrogen (secondary N) is 1. The Kier molecular flexibility index (Phi) is 3.97. The molecule has 1 aliphatic heterocycles. The zero-order chi connectivity index (χ0) is 15.6. The van der Waals surface area contributed by atoms with Crippen LogP contribution in [0.3, 0.4) is 0 Å². The van der Waals surface area contributed by atoms with Crippen LogP contribution in [0.25, 0.3) is 16.2 Å². The first kappa shape index (κ1) is 14.6. The van der Waals surface area contributed by atoms with E-state index >= 15 is 0 Å². The second-order valence-electron chi connectivity index (χ2n) is 5.69. The molecule has 4 rings (SSSR count). The third-order valence-electron chi connectivity index (χ3n) is 4.09. The molecule has 0 aliphatic carbocycles. The molecule has 0 atom stereocenters. The van der Waals surface area contributed by atoms with Gasteiger partial charge in [0.05, 0.1) is 11.9 Å². The van der Waals surface area contributed by atoms with Crippen molar-refractivity contribution in [3.05, 3.63) is 36.3 Å². The average molecular weight is 332 g/mol. The average Bonchev–Trinajstić information content (AvgIpc) is 3.14. The molecule has 0 spiro atoms. The molecule has 1 aromatic carbocycles. The minimum Gasteiger partial charge on any atom is -0.381 e. The summed E-state index contributed by atoms with van der Waals surface area (Å²) in [5, 5.41) is 8.81. The SMILES string of the molecule is Fc1cccc(-c2cnc3sc(NCC4CCOCC4)nn23)c1. The van der Waals surface area contributed by atoms with Gasteiger partial charge in [0.1, 0.15) is 5.82 Å². The molecule has 0 saturated carbocycles. The van der Waals surface area contributed by atoms with Gasteiger partial charge in [0, 0.05) is 25.3 Å². The quantitative estimate of drug-likeness (QED) is 0.795. The number of fused-ring (bicyclic) bond motifs is 1. The summed E-state index contributed by atoms with van der Waals surface area (Å²) in [5.74, 6) is 0.369. The molecule has 0 amide bonds.